The van der Waals surface area contributed by atoms with Crippen molar-refractivity contribution in [1.82, 2.24) is 30.0 Å². The number of hydrogen-bond donors (Lipinski definition) is 3. The Hall–Kier alpha value is -3.85. The van der Waals surface area contributed by atoms with E-state index in [2.05, 4.69) is 27.8 Å². The molecule has 2 aromatic carbocycles. The summed E-state index contributed by atoms with van der Waals surface area (Å²) >= 11 is 0. The second-order valence-electron chi connectivity index (χ2n) is 11.4. The Balaban J connectivity index is 1.23. The van der Waals surface area contributed by atoms with E-state index >= 15 is 0 Å². The molecule has 41 heavy (non-hydrogen) atoms. The molecular weight excluding hydrogens is 516 g/mol. The topological polar surface area (TPSA) is 102 Å². The minimum Gasteiger partial charge on any atom is -0.339 e. The number of H-pyrrole nitrogens is 1. The van der Waals surface area contributed by atoms with E-state index in [1.807, 2.05) is 73.5 Å². The summed E-state index contributed by atoms with van der Waals surface area (Å²) in [4.78, 5) is 46.5. The first-order chi connectivity index (χ1) is 19.9. The van der Waals surface area contributed by atoms with Gasteiger partial charge in [-0.3, -0.25) is 9.36 Å². The van der Waals surface area contributed by atoms with Gasteiger partial charge in [0.1, 0.15) is 6.04 Å². The smallest absolute Gasteiger partial charge is 0.326 e. The second kappa shape index (κ2) is 13.2. The van der Waals surface area contributed by atoms with E-state index in [0.717, 1.165) is 42.6 Å². The Morgan fingerprint density at radius 3 is 2.44 bits per heavy atom. The number of aromatic nitrogens is 2. The molecule has 2 unspecified atom stereocenters. The van der Waals surface area contributed by atoms with Crippen LogP contribution in [0.3, 0.4) is 0 Å². The molecule has 1 aliphatic heterocycles. The molecular formula is C32H42N6O3. The average molecular weight is 559 g/mol. The van der Waals surface area contributed by atoms with Gasteiger partial charge in [0.2, 0.25) is 5.91 Å². The fourth-order valence-corrected chi connectivity index (χ4v) is 5.55. The predicted octanol–water partition coefficient (Wildman–Crippen LogP) is 4.17. The first kappa shape index (κ1) is 28.7. The van der Waals surface area contributed by atoms with Crippen molar-refractivity contribution in [3.05, 3.63) is 82.9 Å². The van der Waals surface area contributed by atoms with Gasteiger partial charge in [0, 0.05) is 51.0 Å². The van der Waals surface area contributed by atoms with Crippen LogP contribution < -0.4 is 16.3 Å². The highest BCUT2D eigenvalue weighted by atomic mass is 16.2. The van der Waals surface area contributed by atoms with Gasteiger partial charge >= 0.3 is 11.7 Å². The van der Waals surface area contributed by atoms with Gasteiger partial charge in [-0.25, -0.2) is 9.59 Å². The zero-order valence-corrected chi connectivity index (χ0v) is 24.1. The Bertz CT molecular complexity index is 1350. The Kier molecular flexibility index (Phi) is 9.24. The number of nitrogens with zero attached hydrogens (tertiary/aromatic N) is 3. The number of benzene rings is 2. The van der Waals surface area contributed by atoms with E-state index < -0.39 is 6.04 Å². The molecule has 0 radical (unpaired) electrons. The maximum atomic E-state index is 13.6. The van der Waals surface area contributed by atoms with Gasteiger partial charge in [-0.2, -0.15) is 0 Å². The van der Waals surface area contributed by atoms with E-state index in [-0.39, 0.29) is 29.7 Å². The number of imidazole rings is 1. The summed E-state index contributed by atoms with van der Waals surface area (Å²) in [6.45, 7) is 6.79. The van der Waals surface area contributed by atoms with Gasteiger partial charge in [0.25, 0.3) is 0 Å². The molecule has 1 aliphatic carbocycles. The molecule has 1 saturated carbocycles. The van der Waals surface area contributed by atoms with Crippen LogP contribution in [0.25, 0.3) is 11.3 Å². The minimum atomic E-state index is -0.632. The predicted molar refractivity (Wildman–Crippen MR) is 160 cm³/mol. The summed E-state index contributed by atoms with van der Waals surface area (Å²) in [6.07, 6.45) is 5.57. The molecule has 9 nitrogen and oxygen atoms in total. The molecule has 3 atom stereocenters. The third-order valence-electron chi connectivity index (χ3n) is 8.16. The van der Waals surface area contributed by atoms with Gasteiger partial charge < -0.3 is 25.4 Å². The molecule has 3 aromatic rings. The van der Waals surface area contributed by atoms with Crippen LogP contribution in [0.15, 0.2) is 71.7 Å². The molecule has 3 amide bonds. The largest absolute Gasteiger partial charge is 0.339 e. The summed E-state index contributed by atoms with van der Waals surface area (Å²) in [7, 11) is 0. The van der Waals surface area contributed by atoms with E-state index in [1.165, 1.54) is 0 Å². The summed E-state index contributed by atoms with van der Waals surface area (Å²) in [5, 5.41) is 6.58. The van der Waals surface area contributed by atoms with Crippen molar-refractivity contribution < 1.29 is 9.59 Å². The fourth-order valence-electron chi connectivity index (χ4n) is 5.55. The molecule has 2 aliphatic rings. The zero-order chi connectivity index (χ0) is 28.8. The number of urea groups is 1. The molecule has 218 valence electrons. The molecule has 0 bridgehead atoms. The number of carbonyl (C=O) groups excluding carboxylic acids is 2. The Labute approximate surface area is 241 Å². The maximum absolute atomic E-state index is 13.6. The van der Waals surface area contributed by atoms with Crippen molar-refractivity contribution in [2.75, 3.05) is 32.7 Å². The van der Waals surface area contributed by atoms with Crippen molar-refractivity contribution in [3.63, 3.8) is 0 Å². The monoisotopic (exact) mass is 558 g/mol. The van der Waals surface area contributed by atoms with Gasteiger partial charge in [0.15, 0.2) is 0 Å². The van der Waals surface area contributed by atoms with E-state index in [9.17, 15) is 14.4 Å². The molecule has 3 N–H and O–H groups in total. The van der Waals surface area contributed by atoms with Gasteiger partial charge in [-0.15, -0.1) is 0 Å². The van der Waals surface area contributed by atoms with E-state index in [0.29, 0.717) is 38.5 Å². The third kappa shape index (κ3) is 7.27. The minimum absolute atomic E-state index is 0.0201. The molecule has 1 saturated heterocycles. The summed E-state index contributed by atoms with van der Waals surface area (Å²) in [5.41, 5.74) is 2.70. The first-order valence-corrected chi connectivity index (χ1v) is 14.9. The fraction of sp³-hybridized carbons (Fsp3) is 0.469. The van der Waals surface area contributed by atoms with Crippen molar-refractivity contribution in [1.29, 1.82) is 0 Å². The van der Waals surface area contributed by atoms with Crippen LogP contribution in [0.2, 0.25) is 0 Å². The Morgan fingerprint density at radius 1 is 1.05 bits per heavy atom. The van der Waals surface area contributed by atoms with E-state index in [4.69, 9.17) is 0 Å². The standard InChI is InChI=1S/C32H42N6O3/c1-3-17-36(18-16-23(2)38-22-29(35-32(38)41)26-12-8-5-9-13-26)31(40)34-27-19-33-28(25-10-6-4-7-11-25)21-37(30(27)39)20-24-14-15-24/h4-13,22-24,27-28,33H,3,14-21H2,1-2H3,(H,34,40)(H,35,41)/t23?,27?,28-/m1/s1. The molecule has 2 fully saturated rings. The van der Waals surface area contributed by atoms with Gasteiger partial charge in [0.05, 0.1) is 5.69 Å². The van der Waals surface area contributed by atoms with Gasteiger partial charge in [-0.05, 0) is 49.7 Å². The van der Waals surface area contributed by atoms with Crippen molar-refractivity contribution in [2.24, 2.45) is 5.92 Å². The number of rotatable bonds is 11. The number of hydrogen-bond acceptors (Lipinski definition) is 4. The van der Waals surface area contributed by atoms with Crippen molar-refractivity contribution >= 4 is 11.9 Å². The molecule has 1 aromatic heterocycles. The molecule has 9 heteroatoms. The first-order valence-electron chi connectivity index (χ1n) is 14.9. The van der Waals surface area contributed by atoms with Crippen molar-refractivity contribution in [3.8, 4) is 11.3 Å². The highest BCUT2D eigenvalue weighted by Crippen LogP contribution is 2.31. The maximum Gasteiger partial charge on any atom is 0.326 e. The highest BCUT2D eigenvalue weighted by Gasteiger charge is 2.36. The number of aromatic amines is 1. The van der Waals surface area contributed by atoms with Crippen LogP contribution >= 0.6 is 0 Å². The van der Waals surface area contributed by atoms with Crippen LogP contribution in [-0.2, 0) is 4.79 Å². The average Bonchev–Trinajstić information content (AvgIpc) is 3.75. The quantitative estimate of drug-likeness (QED) is 0.329. The normalized spacial score (nSPS) is 20.0. The zero-order valence-electron chi connectivity index (χ0n) is 24.1. The molecule has 0 spiro atoms. The number of carbonyl (C=O) groups is 2. The lowest BCUT2D eigenvalue weighted by molar-refractivity contribution is -0.132. The van der Waals surface area contributed by atoms with Crippen molar-refractivity contribution in [2.45, 2.75) is 57.7 Å². The lowest BCUT2D eigenvalue weighted by atomic mass is 10.1. The van der Waals surface area contributed by atoms with Crippen LogP contribution in [-0.4, -0.2) is 70.1 Å². The van der Waals surface area contributed by atoms with Crippen LogP contribution in [0.1, 0.15) is 57.2 Å². The van der Waals surface area contributed by atoms with E-state index in [1.54, 1.807) is 9.47 Å². The summed E-state index contributed by atoms with van der Waals surface area (Å²) in [6, 6.07) is 19.0. The summed E-state index contributed by atoms with van der Waals surface area (Å²) in [5.74, 6) is 0.537. The Morgan fingerprint density at radius 2 is 1.76 bits per heavy atom. The lowest BCUT2D eigenvalue weighted by Gasteiger charge is -2.29. The van der Waals surface area contributed by atoms with Crippen LogP contribution in [0.4, 0.5) is 4.79 Å². The lowest BCUT2D eigenvalue weighted by Crippen LogP contribution is -2.54. The van der Waals surface area contributed by atoms with Crippen LogP contribution in [0, 0.1) is 5.92 Å². The second-order valence-corrected chi connectivity index (χ2v) is 11.4. The molecule has 2 heterocycles. The van der Waals surface area contributed by atoms with Gasteiger partial charge in [-0.1, -0.05) is 67.6 Å². The molecule has 5 rings (SSSR count). The number of nitrogens with one attached hydrogen (secondary N) is 3. The summed E-state index contributed by atoms with van der Waals surface area (Å²) < 4.78 is 1.70. The highest BCUT2D eigenvalue weighted by molar-refractivity contribution is 5.87. The van der Waals surface area contributed by atoms with Crippen LogP contribution in [0.5, 0.6) is 0 Å². The number of amides is 3. The SMILES string of the molecule is CCCN(CCC(C)n1cc(-c2ccccc2)[nH]c1=O)C(=O)NC1CN[C@@H](c2ccccc2)CN(CC2CC2)C1=O. The third-order valence-corrected chi connectivity index (χ3v) is 8.16.